The zero-order valence-electron chi connectivity index (χ0n) is 9.66. The van der Waals surface area contributed by atoms with Gasteiger partial charge in [-0.2, -0.15) is 0 Å². The van der Waals surface area contributed by atoms with Gasteiger partial charge in [0.15, 0.2) is 10.2 Å². The highest BCUT2D eigenvalue weighted by Gasteiger charge is 2.03. The molecule has 0 fully saturated rings. The summed E-state index contributed by atoms with van der Waals surface area (Å²) in [6.07, 6.45) is 0. The standard InChI is InChI=1S/C12H13BrO2S2/c1-8(14)16-6-10-3-11(5-12(13)4-10)7-17-9(2)15/h3-5H,6-7H2,1-2H3. The van der Waals surface area contributed by atoms with Crippen molar-refractivity contribution in [2.75, 3.05) is 0 Å². The number of hydrogen-bond donors (Lipinski definition) is 0. The first-order valence-electron chi connectivity index (χ1n) is 5.02. The summed E-state index contributed by atoms with van der Waals surface area (Å²) in [5.41, 5.74) is 2.19. The van der Waals surface area contributed by atoms with E-state index in [1.54, 1.807) is 13.8 Å². The summed E-state index contributed by atoms with van der Waals surface area (Å²) in [5, 5.41) is 0.231. The van der Waals surface area contributed by atoms with Gasteiger partial charge in [-0.15, -0.1) is 0 Å². The average molecular weight is 333 g/mol. The van der Waals surface area contributed by atoms with Gasteiger partial charge in [0.25, 0.3) is 0 Å². The third kappa shape index (κ3) is 6.29. The van der Waals surface area contributed by atoms with Crippen molar-refractivity contribution in [3.63, 3.8) is 0 Å². The van der Waals surface area contributed by atoms with E-state index in [0.29, 0.717) is 11.5 Å². The number of carbonyl (C=O) groups is 2. The zero-order chi connectivity index (χ0) is 12.8. The van der Waals surface area contributed by atoms with Crippen molar-refractivity contribution in [2.24, 2.45) is 0 Å². The lowest BCUT2D eigenvalue weighted by Crippen LogP contribution is -1.91. The van der Waals surface area contributed by atoms with Crippen molar-refractivity contribution >= 4 is 49.7 Å². The molecular weight excluding hydrogens is 320 g/mol. The molecule has 0 saturated heterocycles. The van der Waals surface area contributed by atoms with Crippen LogP contribution in [0.25, 0.3) is 0 Å². The van der Waals surface area contributed by atoms with E-state index in [1.807, 2.05) is 18.2 Å². The smallest absolute Gasteiger partial charge is 0.186 e. The number of benzene rings is 1. The van der Waals surface area contributed by atoms with Gasteiger partial charge < -0.3 is 0 Å². The van der Waals surface area contributed by atoms with E-state index >= 15 is 0 Å². The van der Waals surface area contributed by atoms with Crippen molar-refractivity contribution in [1.82, 2.24) is 0 Å². The Labute approximate surface area is 118 Å². The van der Waals surface area contributed by atoms with Crippen LogP contribution < -0.4 is 0 Å². The molecule has 0 amide bonds. The predicted octanol–water partition coefficient (Wildman–Crippen LogP) is 4.01. The molecule has 17 heavy (non-hydrogen) atoms. The maximum atomic E-state index is 10.9. The SMILES string of the molecule is CC(=O)SCc1cc(Br)cc(CSC(C)=O)c1. The number of rotatable bonds is 4. The molecule has 0 heterocycles. The van der Waals surface area contributed by atoms with Crippen LogP contribution in [-0.2, 0) is 21.1 Å². The van der Waals surface area contributed by atoms with Gasteiger partial charge in [0, 0.05) is 29.8 Å². The van der Waals surface area contributed by atoms with E-state index in [-0.39, 0.29) is 10.2 Å². The van der Waals surface area contributed by atoms with Crippen LogP contribution in [0.15, 0.2) is 22.7 Å². The summed E-state index contributed by atoms with van der Waals surface area (Å²) in [6.45, 7) is 3.13. The fourth-order valence-corrected chi connectivity index (χ4v) is 2.92. The summed E-state index contributed by atoms with van der Waals surface area (Å²) in [7, 11) is 0. The van der Waals surface area contributed by atoms with Gasteiger partial charge in [-0.05, 0) is 23.3 Å². The van der Waals surface area contributed by atoms with Gasteiger partial charge in [-0.25, -0.2) is 0 Å². The van der Waals surface area contributed by atoms with E-state index in [2.05, 4.69) is 15.9 Å². The van der Waals surface area contributed by atoms with Gasteiger partial charge in [0.1, 0.15) is 0 Å². The minimum absolute atomic E-state index is 0.115. The molecule has 0 radical (unpaired) electrons. The summed E-state index contributed by atoms with van der Waals surface area (Å²) < 4.78 is 0.985. The van der Waals surface area contributed by atoms with E-state index in [1.165, 1.54) is 23.5 Å². The van der Waals surface area contributed by atoms with Crippen LogP contribution in [0, 0.1) is 0 Å². The minimum atomic E-state index is 0.115. The molecule has 0 aromatic heterocycles. The third-order valence-corrected chi connectivity index (χ3v) is 4.13. The monoisotopic (exact) mass is 332 g/mol. The molecule has 1 aromatic carbocycles. The molecule has 1 rings (SSSR count). The lowest BCUT2D eigenvalue weighted by molar-refractivity contribution is -0.109. The zero-order valence-corrected chi connectivity index (χ0v) is 12.9. The number of hydrogen-bond acceptors (Lipinski definition) is 4. The number of halogens is 1. The Kier molecular flexibility index (Phi) is 6.30. The van der Waals surface area contributed by atoms with Crippen LogP contribution in [0.4, 0.5) is 0 Å². The second kappa shape index (κ2) is 7.24. The average Bonchev–Trinajstić information content (AvgIpc) is 2.23. The molecule has 0 aliphatic heterocycles. The molecule has 0 unspecified atom stereocenters. The van der Waals surface area contributed by atoms with Gasteiger partial charge in [0.05, 0.1) is 0 Å². The Morgan fingerprint density at radius 3 is 1.76 bits per heavy atom. The molecule has 92 valence electrons. The Hall–Kier alpha value is -0.260. The lowest BCUT2D eigenvalue weighted by atomic mass is 10.2. The lowest BCUT2D eigenvalue weighted by Gasteiger charge is -2.05. The summed E-state index contributed by atoms with van der Waals surface area (Å²) in [6, 6.07) is 6.03. The van der Waals surface area contributed by atoms with E-state index in [0.717, 1.165) is 15.6 Å². The van der Waals surface area contributed by atoms with Crippen LogP contribution in [0.1, 0.15) is 25.0 Å². The normalized spacial score (nSPS) is 10.3. The molecule has 0 atom stereocenters. The van der Waals surface area contributed by atoms with E-state index in [9.17, 15) is 9.59 Å². The van der Waals surface area contributed by atoms with E-state index < -0.39 is 0 Å². The topological polar surface area (TPSA) is 34.1 Å². The molecule has 5 heteroatoms. The van der Waals surface area contributed by atoms with Gasteiger partial charge in [-0.1, -0.05) is 45.5 Å². The van der Waals surface area contributed by atoms with Crippen LogP contribution >= 0.6 is 39.5 Å². The second-order valence-electron chi connectivity index (χ2n) is 3.53. The Balaban J connectivity index is 2.71. The fraction of sp³-hybridized carbons (Fsp3) is 0.333. The van der Waals surface area contributed by atoms with Gasteiger partial charge in [0.2, 0.25) is 0 Å². The highest BCUT2D eigenvalue weighted by atomic mass is 79.9. The van der Waals surface area contributed by atoms with E-state index in [4.69, 9.17) is 0 Å². The highest BCUT2D eigenvalue weighted by Crippen LogP contribution is 2.23. The van der Waals surface area contributed by atoms with Crippen molar-refractivity contribution in [3.8, 4) is 0 Å². The van der Waals surface area contributed by atoms with Crippen LogP contribution in [0.2, 0.25) is 0 Å². The molecule has 0 saturated carbocycles. The fourth-order valence-electron chi connectivity index (χ4n) is 1.25. The molecular formula is C12H13BrO2S2. The first kappa shape index (κ1) is 14.8. The van der Waals surface area contributed by atoms with Gasteiger partial charge in [-0.3, -0.25) is 9.59 Å². The first-order chi connectivity index (χ1) is 7.97. The molecule has 0 N–H and O–H groups in total. The molecule has 2 nitrogen and oxygen atoms in total. The van der Waals surface area contributed by atoms with Crippen LogP contribution in [0.5, 0.6) is 0 Å². The second-order valence-corrected chi connectivity index (χ2v) is 6.75. The molecule has 0 aliphatic rings. The Morgan fingerprint density at radius 2 is 1.41 bits per heavy atom. The highest BCUT2D eigenvalue weighted by molar-refractivity contribution is 9.10. The van der Waals surface area contributed by atoms with Crippen LogP contribution in [-0.4, -0.2) is 10.2 Å². The number of thioether (sulfide) groups is 2. The quantitative estimate of drug-likeness (QED) is 0.834. The maximum absolute atomic E-state index is 10.9. The molecule has 0 spiro atoms. The largest absolute Gasteiger partial charge is 0.288 e. The van der Waals surface area contributed by atoms with Crippen molar-refractivity contribution in [2.45, 2.75) is 25.4 Å². The molecule has 1 aromatic rings. The van der Waals surface area contributed by atoms with Gasteiger partial charge >= 0.3 is 0 Å². The van der Waals surface area contributed by atoms with Crippen molar-refractivity contribution < 1.29 is 9.59 Å². The minimum Gasteiger partial charge on any atom is -0.288 e. The van der Waals surface area contributed by atoms with Crippen molar-refractivity contribution in [3.05, 3.63) is 33.8 Å². The molecule has 0 aliphatic carbocycles. The predicted molar refractivity (Wildman–Crippen MR) is 78.1 cm³/mol. The summed E-state index contributed by atoms with van der Waals surface area (Å²) >= 11 is 6.02. The summed E-state index contributed by atoms with van der Waals surface area (Å²) in [4.78, 5) is 21.8. The first-order valence-corrected chi connectivity index (χ1v) is 7.79. The Bertz CT molecular complexity index is 396. The van der Waals surface area contributed by atoms with Crippen molar-refractivity contribution in [1.29, 1.82) is 0 Å². The maximum Gasteiger partial charge on any atom is 0.186 e. The number of carbonyl (C=O) groups excluding carboxylic acids is 2. The Morgan fingerprint density at radius 1 is 1.00 bits per heavy atom. The third-order valence-electron chi connectivity index (χ3n) is 1.90. The summed E-state index contributed by atoms with van der Waals surface area (Å²) in [5.74, 6) is 1.35. The molecule has 0 bridgehead atoms. The van der Waals surface area contributed by atoms with Crippen LogP contribution in [0.3, 0.4) is 0 Å².